The van der Waals surface area contributed by atoms with Crippen molar-refractivity contribution in [3.05, 3.63) is 93.3 Å². The molecule has 0 bridgehead atoms. The first kappa shape index (κ1) is 23.5. The quantitative estimate of drug-likeness (QED) is 0.371. The van der Waals surface area contributed by atoms with Crippen LogP contribution in [0.15, 0.2) is 72.1 Å². The van der Waals surface area contributed by atoms with Gasteiger partial charge in [-0.3, -0.25) is 10.1 Å². The lowest BCUT2D eigenvalue weighted by molar-refractivity contribution is -0.384. The number of anilines is 1. The van der Waals surface area contributed by atoms with Crippen molar-refractivity contribution in [2.45, 2.75) is 12.1 Å². The van der Waals surface area contributed by atoms with Crippen LogP contribution in [0.5, 0.6) is 0 Å². The second kappa shape index (κ2) is 9.15. The number of methoxy groups -OCH3 is 2. The molecule has 11 heteroatoms. The zero-order chi connectivity index (χ0) is 24.3. The SMILES string of the molecule is COC(=O)C1=CN(c2cccc(C(F)(F)F)c2)C=C(C(=O)OC)C1c1cccc([N+](=O)[O-])c1. The third-order valence-electron chi connectivity index (χ3n) is 4.91. The van der Waals surface area contributed by atoms with Crippen LogP contribution in [-0.2, 0) is 25.2 Å². The summed E-state index contributed by atoms with van der Waals surface area (Å²) in [4.78, 5) is 37.0. The fraction of sp³-hybridized carbons (Fsp3) is 0.182. The lowest BCUT2D eigenvalue weighted by Gasteiger charge is -2.30. The van der Waals surface area contributed by atoms with E-state index in [9.17, 15) is 32.9 Å². The lowest BCUT2D eigenvalue weighted by atomic mass is 9.83. The predicted molar refractivity (Wildman–Crippen MR) is 110 cm³/mol. The van der Waals surface area contributed by atoms with E-state index >= 15 is 0 Å². The van der Waals surface area contributed by atoms with E-state index in [1.807, 2.05) is 0 Å². The summed E-state index contributed by atoms with van der Waals surface area (Å²) in [5, 5.41) is 11.2. The number of nitro groups is 1. The van der Waals surface area contributed by atoms with Gasteiger partial charge in [0.25, 0.3) is 5.69 Å². The number of carbonyl (C=O) groups excluding carboxylic acids is 2. The highest BCUT2D eigenvalue weighted by Gasteiger charge is 2.37. The van der Waals surface area contributed by atoms with E-state index in [1.165, 1.54) is 53.7 Å². The minimum atomic E-state index is -4.61. The maximum atomic E-state index is 13.2. The van der Waals surface area contributed by atoms with Gasteiger partial charge in [-0.1, -0.05) is 18.2 Å². The van der Waals surface area contributed by atoms with Gasteiger partial charge < -0.3 is 14.4 Å². The van der Waals surface area contributed by atoms with Gasteiger partial charge in [0.15, 0.2) is 0 Å². The number of halogens is 3. The van der Waals surface area contributed by atoms with E-state index in [4.69, 9.17) is 9.47 Å². The van der Waals surface area contributed by atoms with E-state index in [2.05, 4.69) is 0 Å². The molecule has 0 N–H and O–H groups in total. The molecular formula is C22H17F3N2O6. The van der Waals surface area contributed by atoms with E-state index in [0.29, 0.717) is 0 Å². The van der Waals surface area contributed by atoms with Gasteiger partial charge in [0.1, 0.15) is 0 Å². The molecule has 0 saturated heterocycles. The topological polar surface area (TPSA) is 99.0 Å². The summed E-state index contributed by atoms with van der Waals surface area (Å²) >= 11 is 0. The molecule has 33 heavy (non-hydrogen) atoms. The largest absolute Gasteiger partial charge is 0.466 e. The molecule has 0 radical (unpaired) electrons. The summed E-state index contributed by atoms with van der Waals surface area (Å²) in [6.45, 7) is 0. The number of rotatable bonds is 5. The number of non-ortho nitro benzene ring substituents is 1. The van der Waals surface area contributed by atoms with Crippen molar-refractivity contribution in [1.82, 2.24) is 0 Å². The highest BCUT2D eigenvalue weighted by Crippen LogP contribution is 2.40. The molecule has 1 aliphatic rings. The van der Waals surface area contributed by atoms with Crippen LogP contribution in [-0.4, -0.2) is 31.1 Å². The number of nitro benzene ring substituents is 1. The van der Waals surface area contributed by atoms with Crippen molar-refractivity contribution < 1.29 is 37.2 Å². The van der Waals surface area contributed by atoms with Crippen LogP contribution < -0.4 is 4.90 Å². The van der Waals surface area contributed by atoms with Gasteiger partial charge in [0, 0.05) is 30.2 Å². The first-order chi connectivity index (χ1) is 15.6. The highest BCUT2D eigenvalue weighted by molar-refractivity contribution is 6.00. The minimum Gasteiger partial charge on any atom is -0.466 e. The summed E-state index contributed by atoms with van der Waals surface area (Å²) in [6, 6.07) is 9.58. The second-order valence-electron chi connectivity index (χ2n) is 6.89. The Morgan fingerprint density at radius 1 is 0.970 bits per heavy atom. The van der Waals surface area contributed by atoms with E-state index < -0.39 is 34.5 Å². The normalized spacial score (nSPS) is 14.3. The van der Waals surface area contributed by atoms with Gasteiger partial charge in [-0.25, -0.2) is 9.59 Å². The van der Waals surface area contributed by atoms with Gasteiger partial charge in [0.2, 0.25) is 0 Å². The van der Waals surface area contributed by atoms with Crippen LogP contribution in [0, 0.1) is 10.1 Å². The molecule has 1 heterocycles. The molecule has 0 amide bonds. The molecule has 0 spiro atoms. The van der Waals surface area contributed by atoms with Crippen molar-refractivity contribution >= 4 is 23.3 Å². The van der Waals surface area contributed by atoms with Crippen molar-refractivity contribution in [3.63, 3.8) is 0 Å². The fourth-order valence-corrected chi connectivity index (χ4v) is 3.40. The average molecular weight is 462 g/mol. The zero-order valence-corrected chi connectivity index (χ0v) is 17.3. The smallest absolute Gasteiger partial charge is 0.416 e. The van der Waals surface area contributed by atoms with Crippen LogP contribution in [0.2, 0.25) is 0 Å². The van der Waals surface area contributed by atoms with Crippen LogP contribution >= 0.6 is 0 Å². The van der Waals surface area contributed by atoms with Crippen LogP contribution in [0.25, 0.3) is 0 Å². The number of hydrogen-bond donors (Lipinski definition) is 0. The number of nitrogens with zero attached hydrogens (tertiary/aromatic N) is 2. The Hall–Kier alpha value is -4.15. The third kappa shape index (κ3) is 4.86. The molecule has 2 aromatic carbocycles. The minimum absolute atomic E-state index is 0.0186. The standard InChI is InChI=1S/C22H17F3N2O6/c1-32-20(28)17-11-26(15-7-4-6-14(10-15)22(23,24)25)12-18(21(29)33-2)19(17)13-5-3-8-16(9-13)27(30)31/h3-12,19H,1-2H3. The Bertz CT molecular complexity index is 1140. The number of esters is 2. The number of hydrogen-bond acceptors (Lipinski definition) is 7. The molecular weight excluding hydrogens is 445 g/mol. The lowest BCUT2D eigenvalue weighted by Crippen LogP contribution is -2.28. The van der Waals surface area contributed by atoms with E-state index in [0.717, 1.165) is 26.4 Å². The maximum absolute atomic E-state index is 13.2. The van der Waals surface area contributed by atoms with Gasteiger partial charge in [0.05, 0.1) is 41.8 Å². The highest BCUT2D eigenvalue weighted by atomic mass is 19.4. The molecule has 172 valence electrons. The van der Waals surface area contributed by atoms with Crippen LogP contribution in [0.1, 0.15) is 17.0 Å². The van der Waals surface area contributed by atoms with Crippen molar-refractivity contribution in [2.75, 3.05) is 19.1 Å². The first-order valence-corrected chi connectivity index (χ1v) is 9.36. The van der Waals surface area contributed by atoms with Crippen molar-refractivity contribution in [3.8, 4) is 0 Å². The molecule has 0 fully saturated rings. The van der Waals surface area contributed by atoms with Gasteiger partial charge in [-0.05, 0) is 23.8 Å². The number of carbonyl (C=O) groups is 2. The van der Waals surface area contributed by atoms with Crippen LogP contribution in [0.3, 0.4) is 0 Å². The first-order valence-electron chi connectivity index (χ1n) is 9.36. The Morgan fingerprint density at radius 2 is 1.55 bits per heavy atom. The van der Waals surface area contributed by atoms with Gasteiger partial charge in [-0.15, -0.1) is 0 Å². The number of ether oxygens (including phenoxy) is 2. The molecule has 0 saturated carbocycles. The summed E-state index contributed by atoms with van der Waals surface area (Å²) in [5.74, 6) is -2.87. The molecule has 0 unspecified atom stereocenters. The molecule has 0 aliphatic carbocycles. The van der Waals surface area contributed by atoms with Gasteiger partial charge >= 0.3 is 18.1 Å². The summed E-state index contributed by atoms with van der Waals surface area (Å²) in [6.07, 6.45) is -2.17. The molecule has 0 aromatic heterocycles. The summed E-state index contributed by atoms with van der Waals surface area (Å²) in [5.41, 5.74) is -1.22. The van der Waals surface area contributed by atoms with E-state index in [1.54, 1.807) is 0 Å². The Labute approximate surface area is 185 Å². The van der Waals surface area contributed by atoms with Crippen molar-refractivity contribution in [1.29, 1.82) is 0 Å². The Morgan fingerprint density at radius 3 is 2.06 bits per heavy atom. The summed E-state index contributed by atoms with van der Waals surface area (Å²) < 4.78 is 49.2. The Balaban J connectivity index is 2.21. The molecule has 1 aliphatic heterocycles. The maximum Gasteiger partial charge on any atom is 0.416 e. The molecule has 3 rings (SSSR count). The van der Waals surface area contributed by atoms with Crippen LogP contribution in [0.4, 0.5) is 24.5 Å². The average Bonchev–Trinajstić information content (AvgIpc) is 2.81. The Kier molecular flexibility index (Phi) is 6.52. The van der Waals surface area contributed by atoms with E-state index in [-0.39, 0.29) is 28.1 Å². The molecule has 2 aromatic rings. The predicted octanol–water partition coefficient (Wildman–Crippen LogP) is 4.33. The molecule has 0 atom stereocenters. The third-order valence-corrected chi connectivity index (χ3v) is 4.91. The van der Waals surface area contributed by atoms with Crippen molar-refractivity contribution in [2.24, 2.45) is 0 Å². The summed E-state index contributed by atoms with van der Waals surface area (Å²) in [7, 11) is 2.19. The van der Waals surface area contributed by atoms with Gasteiger partial charge in [-0.2, -0.15) is 13.2 Å². The molecule has 8 nitrogen and oxygen atoms in total. The number of benzene rings is 2. The monoisotopic (exact) mass is 462 g/mol. The number of alkyl halides is 3. The second-order valence-corrected chi connectivity index (χ2v) is 6.89. The fourth-order valence-electron chi connectivity index (χ4n) is 3.40. The zero-order valence-electron chi connectivity index (χ0n) is 17.3.